The summed E-state index contributed by atoms with van der Waals surface area (Å²) in [6.45, 7) is 2.11. The number of rotatable bonds is 0. The van der Waals surface area contributed by atoms with Gasteiger partial charge in [0.05, 0.1) is 41.4 Å². The van der Waals surface area contributed by atoms with E-state index in [0.717, 1.165) is 55.4 Å². The lowest BCUT2D eigenvalue weighted by Gasteiger charge is -2.34. The monoisotopic (exact) mass is 444 g/mol. The number of Topliss-reactive ketones (excluding diaryl/α,β-unsaturated/α-hetero) is 2. The molecule has 0 radical (unpaired) electrons. The van der Waals surface area contributed by atoms with Crippen molar-refractivity contribution in [1.29, 1.82) is 0 Å². The van der Waals surface area contributed by atoms with Crippen LogP contribution in [0.4, 0.5) is 5.69 Å². The number of nitrogens with zero attached hydrogens (tertiary/aromatic N) is 3. The average Bonchev–Trinajstić information content (AvgIpc) is 3.18. The third kappa shape index (κ3) is 1.72. The van der Waals surface area contributed by atoms with E-state index in [4.69, 9.17) is 9.78 Å². The van der Waals surface area contributed by atoms with Crippen LogP contribution in [0.5, 0.6) is 0 Å². The number of carbonyl (C=O) groups is 2. The van der Waals surface area contributed by atoms with Crippen LogP contribution in [0.15, 0.2) is 22.8 Å². The molecule has 1 spiro atoms. The Hall–Kier alpha value is -2.78. The first kappa shape index (κ1) is 17.7. The maximum absolute atomic E-state index is 13.1. The number of benzene rings is 1. The van der Waals surface area contributed by atoms with Gasteiger partial charge in [-0.2, -0.15) is 9.78 Å². The van der Waals surface area contributed by atoms with Crippen molar-refractivity contribution in [2.24, 2.45) is 10.9 Å². The van der Waals surface area contributed by atoms with Crippen LogP contribution in [0.25, 0.3) is 28.8 Å². The molecule has 1 saturated heterocycles. The Balaban J connectivity index is 1.63. The van der Waals surface area contributed by atoms with Crippen molar-refractivity contribution in [2.75, 3.05) is 12.9 Å². The van der Waals surface area contributed by atoms with E-state index in [1.54, 1.807) is 17.8 Å². The molecule has 2 atom stereocenters. The van der Waals surface area contributed by atoms with Crippen LogP contribution < -0.4 is 15.1 Å². The van der Waals surface area contributed by atoms with Gasteiger partial charge in [0, 0.05) is 40.6 Å². The Kier molecular flexibility index (Phi) is 2.90. The number of aromatic nitrogens is 1. The second-order valence-corrected chi connectivity index (χ2v) is 10.4. The van der Waals surface area contributed by atoms with Crippen LogP contribution in [0.3, 0.4) is 0 Å². The summed E-state index contributed by atoms with van der Waals surface area (Å²) in [4.78, 5) is 41.4. The van der Waals surface area contributed by atoms with Gasteiger partial charge >= 0.3 is 5.79 Å². The van der Waals surface area contributed by atoms with Crippen molar-refractivity contribution in [1.82, 2.24) is 9.05 Å². The fraction of sp³-hybridized carbons (Fsp3) is 0.292. The van der Waals surface area contributed by atoms with Gasteiger partial charge in [0.15, 0.2) is 23.0 Å². The Bertz CT molecular complexity index is 1600. The summed E-state index contributed by atoms with van der Waals surface area (Å²) in [5.74, 6) is 0.577. The highest BCUT2D eigenvalue weighted by atomic mass is 32.2. The standard InChI is InChI=1S/C24H18N3O4S/c1-11-3-4-13-18-14-7-25-8-15(14)19-20-16(5-12(28)6-17(20)29)26-9-32-10-27(2,22(18)21(19)26)23(13)24(11)30-31-24/h3-5,7-8,11H,6,9-10H2,1-2H3/q+1/t11-,27-/m1/s1. The van der Waals surface area contributed by atoms with Gasteiger partial charge in [0.1, 0.15) is 11.4 Å². The summed E-state index contributed by atoms with van der Waals surface area (Å²) < 4.78 is 2.72. The molecule has 0 unspecified atom stereocenters. The number of carbonyl (C=O) groups excluding carboxylic acids is 2. The van der Waals surface area contributed by atoms with Gasteiger partial charge in [-0.25, -0.2) is 4.48 Å². The molecule has 6 aliphatic rings. The van der Waals surface area contributed by atoms with Gasteiger partial charge in [-0.05, 0) is 0 Å². The van der Waals surface area contributed by atoms with Crippen molar-refractivity contribution in [3.05, 3.63) is 45.1 Å². The van der Waals surface area contributed by atoms with Crippen molar-refractivity contribution < 1.29 is 19.4 Å². The van der Waals surface area contributed by atoms with Crippen molar-refractivity contribution in [3.63, 3.8) is 0 Å². The molecule has 4 aliphatic heterocycles. The number of quaternary nitrogens is 1. The first-order chi connectivity index (χ1) is 15.5. The number of aliphatic imine (C=N–C) groups is 1. The van der Waals surface area contributed by atoms with E-state index in [-0.39, 0.29) is 23.9 Å². The highest BCUT2D eigenvalue weighted by Gasteiger charge is 2.69. The van der Waals surface area contributed by atoms with E-state index >= 15 is 0 Å². The molecule has 8 rings (SSSR count). The number of fused-ring (bicyclic) bond motifs is 9. The molecular formula is C24H18N3O4S+. The minimum atomic E-state index is -0.754. The van der Waals surface area contributed by atoms with Crippen molar-refractivity contribution in [3.8, 4) is 0 Å². The van der Waals surface area contributed by atoms with Crippen LogP contribution in [0.1, 0.15) is 34.8 Å². The van der Waals surface area contributed by atoms with E-state index < -0.39 is 5.79 Å². The van der Waals surface area contributed by atoms with E-state index in [0.29, 0.717) is 15.9 Å². The quantitative estimate of drug-likeness (QED) is 0.269. The number of hydrogen-bond donors (Lipinski definition) is 0. The molecule has 0 saturated carbocycles. The van der Waals surface area contributed by atoms with E-state index in [1.165, 1.54) is 0 Å². The summed E-state index contributed by atoms with van der Waals surface area (Å²) in [6, 6.07) is 0. The fourth-order valence-corrected chi connectivity index (χ4v) is 7.53. The molecule has 1 fully saturated rings. The summed E-state index contributed by atoms with van der Waals surface area (Å²) in [6.07, 6.45) is 9.68. The lowest BCUT2D eigenvalue weighted by molar-refractivity contribution is -0.112. The number of ketones is 2. The van der Waals surface area contributed by atoms with Crippen molar-refractivity contribution >= 4 is 64.0 Å². The minimum absolute atomic E-state index is 0.0715. The van der Waals surface area contributed by atoms with Gasteiger partial charge in [-0.15, -0.1) is 0 Å². The van der Waals surface area contributed by atoms with Crippen LogP contribution in [0, 0.1) is 5.92 Å². The Morgan fingerprint density at radius 1 is 1.28 bits per heavy atom. The van der Waals surface area contributed by atoms with Gasteiger partial charge in [-0.3, -0.25) is 14.6 Å². The molecule has 0 bridgehead atoms. The first-order valence-corrected chi connectivity index (χ1v) is 11.9. The maximum atomic E-state index is 13.1. The molecule has 158 valence electrons. The smallest absolute Gasteiger partial charge is 0.313 e. The predicted molar refractivity (Wildman–Crippen MR) is 122 cm³/mol. The van der Waals surface area contributed by atoms with Crippen LogP contribution in [-0.4, -0.2) is 41.1 Å². The molecular weight excluding hydrogens is 426 g/mol. The number of likely N-dealkylation sites (N-methyl/N-ethyl adjacent to an activating group) is 1. The highest BCUT2D eigenvalue weighted by Crippen LogP contribution is 2.61. The second-order valence-electron chi connectivity index (χ2n) is 9.48. The largest absolute Gasteiger partial charge is 0.325 e. The Morgan fingerprint density at radius 3 is 2.94 bits per heavy atom. The zero-order valence-electron chi connectivity index (χ0n) is 17.5. The first-order valence-electron chi connectivity index (χ1n) is 10.7. The number of allylic oxidation sites excluding steroid dienone is 2. The maximum Gasteiger partial charge on any atom is 0.313 e. The topological polar surface area (TPSA) is 76.5 Å². The summed E-state index contributed by atoms with van der Waals surface area (Å²) >= 11 is 1.79. The summed E-state index contributed by atoms with van der Waals surface area (Å²) in [5, 5.41) is 2.63. The van der Waals surface area contributed by atoms with Crippen LogP contribution in [0.2, 0.25) is 0 Å². The molecule has 1 aromatic heterocycles. The van der Waals surface area contributed by atoms with Crippen LogP contribution >= 0.6 is 11.8 Å². The molecule has 1 aromatic carbocycles. The van der Waals surface area contributed by atoms with Crippen molar-refractivity contribution in [2.45, 2.75) is 25.0 Å². The predicted octanol–water partition coefficient (Wildman–Crippen LogP) is 1.94. The highest BCUT2D eigenvalue weighted by molar-refractivity contribution is 7.98. The Morgan fingerprint density at radius 2 is 2.12 bits per heavy atom. The lowest BCUT2D eigenvalue weighted by atomic mass is 9.86. The molecule has 0 amide bonds. The Labute approximate surface area is 186 Å². The van der Waals surface area contributed by atoms with E-state index in [2.05, 4.69) is 35.7 Å². The summed E-state index contributed by atoms with van der Waals surface area (Å²) in [5.41, 5.74) is 7.26. The lowest BCUT2D eigenvalue weighted by Crippen LogP contribution is -2.49. The fourth-order valence-electron chi connectivity index (χ4n) is 6.38. The third-order valence-electron chi connectivity index (χ3n) is 7.74. The molecule has 2 aliphatic carbocycles. The zero-order chi connectivity index (χ0) is 21.6. The van der Waals surface area contributed by atoms with Gasteiger partial charge < -0.3 is 4.57 Å². The van der Waals surface area contributed by atoms with E-state index in [9.17, 15) is 9.59 Å². The molecule has 8 heteroatoms. The van der Waals surface area contributed by atoms with Gasteiger partial charge in [-0.1, -0.05) is 30.8 Å². The molecule has 32 heavy (non-hydrogen) atoms. The SMILES string of the molecule is C[C@@H]1C=CC2=C(C13OO3)[N@+]1(C)CSCn3c4c(c5c6c(c2c1c53)C=NC=6)C(=O)CC(=O)C=4. The number of hydrogen-bond acceptors (Lipinski definition) is 6. The minimum Gasteiger partial charge on any atom is -0.325 e. The zero-order valence-corrected chi connectivity index (χ0v) is 18.3. The van der Waals surface area contributed by atoms with Gasteiger partial charge in [0.2, 0.25) is 0 Å². The average molecular weight is 444 g/mol. The second kappa shape index (κ2) is 5.23. The third-order valence-corrected chi connectivity index (χ3v) is 8.88. The number of thioether (sulfide) groups is 1. The van der Waals surface area contributed by atoms with Crippen LogP contribution in [-0.2, 0) is 20.4 Å². The molecule has 5 heterocycles. The summed E-state index contributed by atoms with van der Waals surface area (Å²) in [7, 11) is 2.22. The van der Waals surface area contributed by atoms with E-state index in [1.807, 2.05) is 12.4 Å². The molecule has 0 N–H and O–H groups in total. The molecule has 2 aromatic rings. The molecule has 7 nitrogen and oxygen atoms in total. The normalized spacial score (nSPS) is 29.8. The van der Waals surface area contributed by atoms with Gasteiger partial charge in [0.25, 0.3) is 0 Å².